The Balaban J connectivity index is 2.09. The molecule has 1 heterocycles. The Bertz CT molecular complexity index is 486. The molecule has 5 heteroatoms. The topological polar surface area (TPSA) is 65.3 Å². The molecule has 0 spiro atoms. The summed E-state index contributed by atoms with van der Waals surface area (Å²) in [6.07, 6.45) is 0.422. The van der Waals surface area contributed by atoms with Crippen molar-refractivity contribution in [3.8, 4) is 6.07 Å². The molecule has 2 rings (SSSR count). The van der Waals surface area contributed by atoms with Crippen molar-refractivity contribution in [2.75, 3.05) is 18.5 Å². The second-order valence-corrected chi connectivity index (χ2v) is 5.44. The summed E-state index contributed by atoms with van der Waals surface area (Å²) in [5, 5.41) is 22.5. The molecule has 1 aromatic rings. The molecule has 1 aliphatic rings. The summed E-state index contributed by atoms with van der Waals surface area (Å²) in [6, 6.07) is 7.57. The number of benzene rings is 1. The van der Waals surface area contributed by atoms with Crippen LogP contribution >= 0.6 is 15.9 Å². The molecule has 1 fully saturated rings. The fourth-order valence-electron chi connectivity index (χ4n) is 2.01. The molecule has 1 aliphatic heterocycles. The molecule has 0 saturated carbocycles. The Morgan fingerprint density at radius 1 is 1.67 bits per heavy atom. The molecule has 96 valence electrons. The van der Waals surface area contributed by atoms with Gasteiger partial charge < -0.3 is 15.2 Å². The van der Waals surface area contributed by atoms with E-state index in [4.69, 9.17) is 10.00 Å². The first kappa shape index (κ1) is 13.3. The van der Waals surface area contributed by atoms with E-state index in [1.807, 2.05) is 19.1 Å². The van der Waals surface area contributed by atoms with Crippen LogP contribution in [-0.2, 0) is 4.74 Å². The van der Waals surface area contributed by atoms with E-state index in [-0.39, 0.29) is 6.10 Å². The number of anilines is 1. The van der Waals surface area contributed by atoms with Gasteiger partial charge in [0.1, 0.15) is 11.7 Å². The smallest absolute Gasteiger partial charge is 0.110 e. The lowest BCUT2D eigenvalue weighted by Gasteiger charge is -2.26. The zero-order chi connectivity index (χ0) is 13.2. The van der Waals surface area contributed by atoms with Crippen LogP contribution in [0, 0.1) is 11.3 Å². The molecular weight excluding hydrogens is 296 g/mol. The summed E-state index contributed by atoms with van der Waals surface area (Å²) in [5.74, 6) is 0. The maximum absolute atomic E-state index is 10.4. The van der Waals surface area contributed by atoms with Gasteiger partial charge in [0.2, 0.25) is 0 Å². The van der Waals surface area contributed by atoms with Crippen LogP contribution in [0.3, 0.4) is 0 Å². The minimum atomic E-state index is -0.861. The highest BCUT2D eigenvalue weighted by atomic mass is 79.9. The third-order valence-electron chi connectivity index (χ3n) is 3.35. The van der Waals surface area contributed by atoms with Crippen LogP contribution in [0.25, 0.3) is 0 Å². The highest BCUT2D eigenvalue weighted by molar-refractivity contribution is 9.10. The van der Waals surface area contributed by atoms with Gasteiger partial charge in [0.05, 0.1) is 17.4 Å². The van der Waals surface area contributed by atoms with Gasteiger partial charge in [0, 0.05) is 24.0 Å². The minimum absolute atomic E-state index is 0.189. The number of aliphatic hydroxyl groups is 1. The van der Waals surface area contributed by atoms with Gasteiger partial charge in [-0.25, -0.2) is 0 Å². The molecule has 0 amide bonds. The first-order valence-corrected chi connectivity index (χ1v) is 6.62. The van der Waals surface area contributed by atoms with Crippen molar-refractivity contribution in [2.45, 2.75) is 25.0 Å². The molecule has 1 saturated heterocycles. The average Bonchev–Trinajstić information content (AvgIpc) is 2.68. The van der Waals surface area contributed by atoms with E-state index < -0.39 is 5.60 Å². The zero-order valence-electron chi connectivity index (χ0n) is 10.1. The predicted molar refractivity (Wildman–Crippen MR) is 72.3 cm³/mol. The normalized spacial score (nSPS) is 26.9. The Labute approximate surface area is 115 Å². The van der Waals surface area contributed by atoms with Gasteiger partial charge >= 0.3 is 0 Å². The summed E-state index contributed by atoms with van der Waals surface area (Å²) in [7, 11) is 0. The minimum Gasteiger partial charge on any atom is -0.385 e. The fraction of sp³-hybridized carbons (Fsp3) is 0.462. The van der Waals surface area contributed by atoms with Crippen LogP contribution in [-0.4, -0.2) is 30.0 Å². The van der Waals surface area contributed by atoms with Crippen LogP contribution < -0.4 is 5.32 Å². The van der Waals surface area contributed by atoms with E-state index in [1.165, 1.54) is 0 Å². The molecule has 0 radical (unpaired) electrons. The molecule has 2 atom stereocenters. The van der Waals surface area contributed by atoms with Crippen molar-refractivity contribution in [3.63, 3.8) is 0 Å². The second-order valence-electron chi connectivity index (χ2n) is 4.52. The summed E-state index contributed by atoms with van der Waals surface area (Å²) in [5.41, 5.74) is 0.424. The van der Waals surface area contributed by atoms with Crippen LogP contribution in [0.2, 0.25) is 0 Å². The van der Waals surface area contributed by atoms with E-state index in [2.05, 4.69) is 27.3 Å². The van der Waals surface area contributed by atoms with Gasteiger partial charge in [0.15, 0.2) is 0 Å². The van der Waals surface area contributed by atoms with E-state index in [0.29, 0.717) is 25.1 Å². The quantitative estimate of drug-likeness (QED) is 0.899. The number of hydrogen-bond acceptors (Lipinski definition) is 4. The molecular formula is C13H15BrN2O2. The average molecular weight is 311 g/mol. The van der Waals surface area contributed by atoms with Crippen molar-refractivity contribution in [1.82, 2.24) is 0 Å². The van der Waals surface area contributed by atoms with Crippen LogP contribution in [0.15, 0.2) is 22.7 Å². The van der Waals surface area contributed by atoms with E-state index in [1.54, 1.807) is 6.07 Å². The monoisotopic (exact) mass is 310 g/mol. The van der Waals surface area contributed by atoms with Crippen molar-refractivity contribution in [3.05, 3.63) is 28.2 Å². The first-order valence-electron chi connectivity index (χ1n) is 5.83. The van der Waals surface area contributed by atoms with Crippen LogP contribution in [0.5, 0.6) is 0 Å². The lowest BCUT2D eigenvalue weighted by molar-refractivity contribution is -0.0175. The molecule has 18 heavy (non-hydrogen) atoms. The van der Waals surface area contributed by atoms with Crippen LogP contribution in [0.4, 0.5) is 5.69 Å². The maximum Gasteiger partial charge on any atom is 0.110 e. The summed E-state index contributed by atoms with van der Waals surface area (Å²) >= 11 is 3.33. The van der Waals surface area contributed by atoms with Crippen molar-refractivity contribution in [1.29, 1.82) is 5.26 Å². The number of nitriles is 1. The highest BCUT2D eigenvalue weighted by Crippen LogP contribution is 2.27. The third kappa shape index (κ3) is 2.66. The van der Waals surface area contributed by atoms with E-state index >= 15 is 0 Å². The number of rotatable bonds is 3. The second kappa shape index (κ2) is 5.27. The highest BCUT2D eigenvalue weighted by Gasteiger charge is 2.39. The third-order valence-corrected chi connectivity index (χ3v) is 3.84. The summed E-state index contributed by atoms with van der Waals surface area (Å²) < 4.78 is 6.23. The number of halogens is 1. The molecule has 4 nitrogen and oxygen atoms in total. The number of hydrogen-bond donors (Lipinski definition) is 2. The predicted octanol–water partition coefficient (Wildman–Crippen LogP) is 2.27. The number of nitrogens with zero attached hydrogens (tertiary/aromatic N) is 1. The lowest BCUT2D eigenvalue weighted by Crippen LogP contribution is -2.43. The van der Waals surface area contributed by atoms with Gasteiger partial charge in [-0.2, -0.15) is 5.26 Å². The Kier molecular flexibility index (Phi) is 3.91. The zero-order valence-corrected chi connectivity index (χ0v) is 11.7. The Hall–Kier alpha value is -1.09. The van der Waals surface area contributed by atoms with Gasteiger partial charge in [-0.3, -0.25) is 0 Å². The number of nitrogens with one attached hydrogen (secondary N) is 1. The van der Waals surface area contributed by atoms with Crippen molar-refractivity contribution >= 4 is 21.6 Å². The van der Waals surface area contributed by atoms with E-state index in [0.717, 1.165) is 10.2 Å². The number of ether oxygens (including phenoxy) is 1. The van der Waals surface area contributed by atoms with Crippen molar-refractivity contribution in [2.24, 2.45) is 0 Å². The van der Waals surface area contributed by atoms with E-state index in [9.17, 15) is 5.11 Å². The Morgan fingerprint density at radius 3 is 3.06 bits per heavy atom. The largest absolute Gasteiger partial charge is 0.385 e. The van der Waals surface area contributed by atoms with Gasteiger partial charge in [-0.05, 0) is 25.1 Å². The molecule has 0 bridgehead atoms. The molecule has 2 N–H and O–H groups in total. The molecule has 1 aromatic carbocycles. The van der Waals surface area contributed by atoms with Gasteiger partial charge in [-0.1, -0.05) is 15.9 Å². The molecule has 2 unspecified atom stereocenters. The fourth-order valence-corrected chi connectivity index (χ4v) is 2.38. The summed E-state index contributed by atoms with van der Waals surface area (Å²) in [4.78, 5) is 0. The lowest BCUT2D eigenvalue weighted by atomic mass is 9.96. The van der Waals surface area contributed by atoms with Crippen molar-refractivity contribution < 1.29 is 9.84 Å². The first-order chi connectivity index (χ1) is 8.55. The summed E-state index contributed by atoms with van der Waals surface area (Å²) in [6.45, 7) is 2.82. The Morgan fingerprint density at radius 2 is 2.44 bits per heavy atom. The maximum atomic E-state index is 10.4. The standard InChI is InChI=1S/C13H15BrN2O2/c1-9-13(17,4-5-18-9)8-16-12-3-2-11(14)6-10(12)7-15/h2-3,6,9,16-17H,4-5,8H2,1H3. The molecule has 0 aliphatic carbocycles. The van der Waals surface area contributed by atoms with Gasteiger partial charge in [0.25, 0.3) is 0 Å². The molecule has 0 aromatic heterocycles. The van der Waals surface area contributed by atoms with Crippen LogP contribution in [0.1, 0.15) is 18.9 Å². The van der Waals surface area contributed by atoms with Gasteiger partial charge in [-0.15, -0.1) is 0 Å². The SMILES string of the molecule is CC1OCCC1(O)CNc1ccc(Br)cc1C#N.